The van der Waals surface area contributed by atoms with Gasteiger partial charge in [-0.3, -0.25) is 14.5 Å². The first-order chi connectivity index (χ1) is 13.5. The van der Waals surface area contributed by atoms with Crippen LogP contribution in [0.25, 0.3) is 11.4 Å². The molecule has 1 amide bonds. The molecule has 7 heteroatoms. The highest BCUT2D eigenvalue weighted by molar-refractivity contribution is 7.71. The van der Waals surface area contributed by atoms with E-state index in [4.69, 9.17) is 12.2 Å². The lowest BCUT2D eigenvalue weighted by Gasteiger charge is -2.33. The van der Waals surface area contributed by atoms with Crippen LogP contribution in [0, 0.1) is 11.7 Å². The van der Waals surface area contributed by atoms with Gasteiger partial charge in [-0.15, -0.1) is 0 Å². The predicted molar refractivity (Wildman–Crippen MR) is 115 cm³/mol. The summed E-state index contributed by atoms with van der Waals surface area (Å²) in [6, 6.07) is 8.82. The summed E-state index contributed by atoms with van der Waals surface area (Å²) in [7, 11) is 0. The smallest absolute Gasteiger partial charge is 0.221 e. The van der Waals surface area contributed by atoms with Crippen molar-refractivity contribution in [2.75, 3.05) is 19.6 Å². The number of carbonyl (C=O) groups is 1. The summed E-state index contributed by atoms with van der Waals surface area (Å²) in [5.41, 5.74) is 2.19. The second-order valence-electron chi connectivity index (χ2n) is 7.70. The van der Waals surface area contributed by atoms with E-state index in [1.807, 2.05) is 28.8 Å². The number of benzene rings is 1. The standard InChI is InChI=1S/C21H31N5OS/c1-16-7-9-18(10-8-16)20-23-24-21(28)26(20)15-11-19(27)22-12-5-14-25-13-4-3-6-17(25)2/h7-10,17H,3-6,11-15H2,1-2H3,(H,22,27)(H,24,28). The van der Waals surface area contributed by atoms with Gasteiger partial charge in [0.1, 0.15) is 0 Å². The molecule has 2 aromatic rings. The van der Waals surface area contributed by atoms with Gasteiger partial charge in [0.2, 0.25) is 5.91 Å². The Balaban J connectivity index is 1.45. The molecule has 1 atom stereocenters. The lowest BCUT2D eigenvalue weighted by molar-refractivity contribution is -0.121. The van der Waals surface area contributed by atoms with Gasteiger partial charge in [0.25, 0.3) is 0 Å². The Morgan fingerprint density at radius 2 is 2.07 bits per heavy atom. The monoisotopic (exact) mass is 401 g/mol. The van der Waals surface area contributed by atoms with Crippen molar-refractivity contribution in [1.29, 1.82) is 0 Å². The molecule has 28 heavy (non-hydrogen) atoms. The third-order valence-electron chi connectivity index (χ3n) is 5.52. The van der Waals surface area contributed by atoms with Crippen molar-refractivity contribution in [3.63, 3.8) is 0 Å². The maximum absolute atomic E-state index is 12.3. The minimum Gasteiger partial charge on any atom is -0.356 e. The number of hydrogen-bond acceptors (Lipinski definition) is 4. The largest absolute Gasteiger partial charge is 0.356 e. The molecule has 3 rings (SSSR count). The molecule has 1 saturated heterocycles. The maximum atomic E-state index is 12.3. The number of aryl methyl sites for hydroxylation is 1. The Bertz CT molecular complexity index is 826. The number of hydrogen-bond donors (Lipinski definition) is 2. The molecule has 0 saturated carbocycles. The Labute approximate surface area is 172 Å². The second-order valence-corrected chi connectivity index (χ2v) is 8.09. The van der Waals surface area contributed by atoms with E-state index in [-0.39, 0.29) is 5.91 Å². The van der Waals surface area contributed by atoms with Gasteiger partial charge in [-0.1, -0.05) is 36.2 Å². The number of H-pyrrole nitrogens is 1. The topological polar surface area (TPSA) is 66.0 Å². The number of aromatic nitrogens is 3. The van der Waals surface area contributed by atoms with Crippen LogP contribution in [0.2, 0.25) is 0 Å². The van der Waals surface area contributed by atoms with Crippen molar-refractivity contribution >= 4 is 18.1 Å². The number of nitrogens with zero attached hydrogens (tertiary/aromatic N) is 3. The number of piperidine rings is 1. The van der Waals surface area contributed by atoms with Gasteiger partial charge in [0.15, 0.2) is 10.6 Å². The Morgan fingerprint density at radius 1 is 1.29 bits per heavy atom. The maximum Gasteiger partial charge on any atom is 0.221 e. The zero-order valence-corrected chi connectivity index (χ0v) is 17.7. The number of nitrogens with one attached hydrogen (secondary N) is 2. The van der Waals surface area contributed by atoms with Crippen LogP contribution in [0.15, 0.2) is 24.3 Å². The van der Waals surface area contributed by atoms with Crippen molar-refractivity contribution in [1.82, 2.24) is 25.0 Å². The first-order valence-corrected chi connectivity index (χ1v) is 10.7. The van der Waals surface area contributed by atoms with E-state index in [1.54, 1.807) is 0 Å². The zero-order chi connectivity index (χ0) is 19.9. The summed E-state index contributed by atoms with van der Waals surface area (Å²) < 4.78 is 2.44. The first kappa shape index (κ1) is 20.7. The molecule has 2 heterocycles. The fourth-order valence-electron chi connectivity index (χ4n) is 3.75. The number of amides is 1. The van der Waals surface area contributed by atoms with Gasteiger partial charge in [0.05, 0.1) is 0 Å². The van der Waals surface area contributed by atoms with Crippen molar-refractivity contribution < 1.29 is 4.79 Å². The normalized spacial score (nSPS) is 17.6. The SMILES string of the molecule is Cc1ccc(-c2n[nH]c(=S)n2CCC(=O)NCCCN2CCCCC2C)cc1. The van der Waals surface area contributed by atoms with Crippen molar-refractivity contribution in [3.8, 4) is 11.4 Å². The average Bonchev–Trinajstić information content (AvgIpc) is 3.06. The lowest BCUT2D eigenvalue weighted by atomic mass is 10.0. The second kappa shape index (κ2) is 9.98. The summed E-state index contributed by atoms with van der Waals surface area (Å²) >= 11 is 5.35. The molecule has 0 bridgehead atoms. The van der Waals surface area contributed by atoms with E-state index in [0.717, 1.165) is 30.9 Å². The zero-order valence-electron chi connectivity index (χ0n) is 16.9. The van der Waals surface area contributed by atoms with E-state index in [0.29, 0.717) is 23.8 Å². The highest BCUT2D eigenvalue weighted by Crippen LogP contribution is 2.18. The quantitative estimate of drug-likeness (QED) is 0.523. The molecule has 1 aliphatic rings. The summed E-state index contributed by atoms with van der Waals surface area (Å²) in [5, 5.41) is 10.2. The van der Waals surface area contributed by atoms with Gasteiger partial charge in [0, 0.05) is 37.7 Å². The molecular weight excluding hydrogens is 370 g/mol. The van der Waals surface area contributed by atoms with Gasteiger partial charge in [-0.25, -0.2) is 0 Å². The van der Waals surface area contributed by atoms with E-state index in [9.17, 15) is 4.79 Å². The van der Waals surface area contributed by atoms with Crippen molar-refractivity contribution in [2.24, 2.45) is 0 Å². The summed E-state index contributed by atoms with van der Waals surface area (Å²) in [5.74, 6) is 0.835. The molecule has 1 aromatic carbocycles. The number of likely N-dealkylation sites (tertiary alicyclic amines) is 1. The van der Waals surface area contributed by atoms with Crippen LogP contribution in [0.3, 0.4) is 0 Å². The van der Waals surface area contributed by atoms with Crippen LogP contribution >= 0.6 is 12.2 Å². The number of aromatic amines is 1. The van der Waals surface area contributed by atoms with Gasteiger partial charge in [-0.2, -0.15) is 5.10 Å². The minimum absolute atomic E-state index is 0.0599. The molecule has 1 aromatic heterocycles. The Morgan fingerprint density at radius 3 is 2.82 bits per heavy atom. The first-order valence-electron chi connectivity index (χ1n) is 10.3. The Hall–Kier alpha value is -1.99. The van der Waals surface area contributed by atoms with Gasteiger partial charge in [-0.05, 0) is 51.9 Å². The van der Waals surface area contributed by atoms with Crippen LogP contribution in [-0.4, -0.2) is 51.2 Å². The third kappa shape index (κ3) is 5.52. The molecule has 0 spiro atoms. The fourth-order valence-corrected chi connectivity index (χ4v) is 3.97. The molecule has 1 fully saturated rings. The van der Waals surface area contributed by atoms with Crippen LogP contribution in [0.1, 0.15) is 44.6 Å². The van der Waals surface area contributed by atoms with Crippen LogP contribution in [-0.2, 0) is 11.3 Å². The summed E-state index contributed by atoms with van der Waals surface area (Å²) in [6.45, 7) is 7.85. The van der Waals surface area contributed by atoms with E-state index in [2.05, 4.69) is 34.3 Å². The van der Waals surface area contributed by atoms with Gasteiger partial charge >= 0.3 is 0 Å². The predicted octanol–water partition coefficient (Wildman–Crippen LogP) is 3.69. The van der Waals surface area contributed by atoms with Crippen LogP contribution < -0.4 is 5.32 Å². The molecule has 6 nitrogen and oxygen atoms in total. The van der Waals surface area contributed by atoms with E-state index < -0.39 is 0 Å². The van der Waals surface area contributed by atoms with E-state index in [1.165, 1.54) is 31.4 Å². The molecule has 2 N–H and O–H groups in total. The summed E-state index contributed by atoms with van der Waals surface area (Å²) in [6.07, 6.45) is 5.32. The highest BCUT2D eigenvalue weighted by atomic mass is 32.1. The van der Waals surface area contributed by atoms with Crippen molar-refractivity contribution in [2.45, 2.75) is 58.5 Å². The lowest BCUT2D eigenvalue weighted by Crippen LogP contribution is -2.39. The molecule has 152 valence electrons. The Kier molecular flexibility index (Phi) is 7.39. The fraction of sp³-hybridized carbons (Fsp3) is 0.571. The number of carbonyl (C=O) groups excluding carboxylic acids is 1. The third-order valence-corrected chi connectivity index (χ3v) is 5.83. The molecule has 1 aliphatic heterocycles. The van der Waals surface area contributed by atoms with Gasteiger partial charge < -0.3 is 10.2 Å². The highest BCUT2D eigenvalue weighted by Gasteiger charge is 2.17. The van der Waals surface area contributed by atoms with Crippen LogP contribution in [0.4, 0.5) is 0 Å². The molecule has 1 unspecified atom stereocenters. The molecule has 0 aliphatic carbocycles. The molecule has 0 radical (unpaired) electrons. The summed E-state index contributed by atoms with van der Waals surface area (Å²) in [4.78, 5) is 14.8. The molecular formula is C21H31N5OS. The van der Waals surface area contributed by atoms with Crippen molar-refractivity contribution in [3.05, 3.63) is 34.6 Å². The van der Waals surface area contributed by atoms with E-state index >= 15 is 0 Å². The average molecular weight is 402 g/mol. The number of rotatable bonds is 8. The van der Waals surface area contributed by atoms with Crippen LogP contribution in [0.5, 0.6) is 0 Å². The minimum atomic E-state index is 0.0599.